The van der Waals surface area contributed by atoms with E-state index >= 15 is 0 Å². The Morgan fingerprint density at radius 3 is 2.56 bits per heavy atom. The average molecular weight is 352 g/mol. The molecule has 126 valence electrons. The molecule has 0 N–H and O–H groups in total. The van der Waals surface area contributed by atoms with Crippen LogP contribution in [0.25, 0.3) is 10.6 Å². The summed E-state index contributed by atoms with van der Waals surface area (Å²) in [5.41, 5.74) is 1.46. The van der Waals surface area contributed by atoms with Gasteiger partial charge in [0.05, 0.1) is 7.11 Å². The van der Waals surface area contributed by atoms with Crippen molar-refractivity contribution in [3.8, 4) is 16.3 Å². The number of carbonyl (C=O) groups excluding carboxylic acids is 1. The minimum absolute atomic E-state index is 0.167. The fourth-order valence-electron chi connectivity index (χ4n) is 2.20. The van der Waals surface area contributed by atoms with Gasteiger partial charge < -0.3 is 4.74 Å². The number of rotatable bonds is 6. The molecular weight excluding hydrogens is 336 g/mol. The SMILES string of the molecule is C=CCN(C(=O)c1ccc(OC)cc1)c1nnc(-c2ccncc2)s1. The summed E-state index contributed by atoms with van der Waals surface area (Å²) >= 11 is 1.35. The summed E-state index contributed by atoms with van der Waals surface area (Å²) in [5, 5.41) is 9.61. The van der Waals surface area contributed by atoms with E-state index in [0.29, 0.717) is 23.0 Å². The lowest BCUT2D eigenvalue weighted by molar-refractivity contribution is 0.0989. The van der Waals surface area contributed by atoms with Gasteiger partial charge in [-0.15, -0.1) is 16.8 Å². The number of anilines is 1. The van der Waals surface area contributed by atoms with Gasteiger partial charge in [0.2, 0.25) is 5.13 Å². The molecule has 3 aromatic rings. The molecule has 0 aliphatic heterocycles. The smallest absolute Gasteiger partial charge is 0.260 e. The van der Waals surface area contributed by atoms with Crippen LogP contribution in [0.3, 0.4) is 0 Å². The van der Waals surface area contributed by atoms with Crippen LogP contribution < -0.4 is 9.64 Å². The van der Waals surface area contributed by atoms with Crippen LogP contribution in [-0.2, 0) is 0 Å². The Morgan fingerprint density at radius 2 is 1.92 bits per heavy atom. The minimum Gasteiger partial charge on any atom is -0.497 e. The lowest BCUT2D eigenvalue weighted by Gasteiger charge is -2.17. The summed E-state index contributed by atoms with van der Waals surface area (Å²) in [7, 11) is 1.59. The Morgan fingerprint density at radius 1 is 1.20 bits per heavy atom. The molecule has 0 atom stereocenters. The van der Waals surface area contributed by atoms with Crippen LogP contribution in [0, 0.1) is 0 Å². The Hall–Kier alpha value is -3.06. The number of aromatic nitrogens is 3. The first kappa shape index (κ1) is 16.8. The van der Waals surface area contributed by atoms with E-state index in [1.54, 1.807) is 54.7 Å². The number of hydrogen-bond acceptors (Lipinski definition) is 6. The topological polar surface area (TPSA) is 68.2 Å². The molecule has 0 aliphatic rings. The normalized spacial score (nSPS) is 10.3. The summed E-state index contributed by atoms with van der Waals surface area (Å²) in [6.45, 7) is 4.07. The maximum absolute atomic E-state index is 12.8. The molecule has 1 aromatic carbocycles. The van der Waals surface area contributed by atoms with Crippen molar-refractivity contribution < 1.29 is 9.53 Å². The van der Waals surface area contributed by atoms with Crippen LogP contribution in [0.1, 0.15) is 10.4 Å². The first-order valence-electron chi connectivity index (χ1n) is 7.53. The Labute approximate surface area is 149 Å². The van der Waals surface area contributed by atoms with E-state index in [1.165, 1.54) is 11.3 Å². The number of hydrogen-bond donors (Lipinski definition) is 0. The van der Waals surface area contributed by atoms with Gasteiger partial charge in [-0.05, 0) is 36.4 Å². The van der Waals surface area contributed by atoms with E-state index in [0.717, 1.165) is 10.6 Å². The summed E-state index contributed by atoms with van der Waals surface area (Å²) in [6, 6.07) is 10.7. The molecule has 3 rings (SSSR count). The third-order valence-corrected chi connectivity index (χ3v) is 4.46. The highest BCUT2D eigenvalue weighted by molar-refractivity contribution is 7.18. The maximum atomic E-state index is 12.8. The fraction of sp³-hybridized carbons (Fsp3) is 0.111. The molecule has 7 heteroatoms. The zero-order valence-corrected chi connectivity index (χ0v) is 14.4. The van der Waals surface area contributed by atoms with Crippen LogP contribution in [0.4, 0.5) is 5.13 Å². The van der Waals surface area contributed by atoms with Crippen molar-refractivity contribution in [2.75, 3.05) is 18.6 Å². The minimum atomic E-state index is -0.167. The molecule has 2 aromatic heterocycles. The van der Waals surface area contributed by atoms with Crippen LogP contribution in [-0.4, -0.2) is 34.7 Å². The zero-order valence-electron chi connectivity index (χ0n) is 13.6. The van der Waals surface area contributed by atoms with Crippen LogP contribution in [0.15, 0.2) is 61.4 Å². The first-order chi connectivity index (χ1) is 12.2. The van der Waals surface area contributed by atoms with Crippen molar-refractivity contribution in [1.29, 1.82) is 0 Å². The van der Waals surface area contributed by atoms with Crippen molar-refractivity contribution >= 4 is 22.4 Å². The van der Waals surface area contributed by atoms with E-state index < -0.39 is 0 Å². The number of ether oxygens (including phenoxy) is 1. The van der Waals surface area contributed by atoms with E-state index in [1.807, 2.05) is 12.1 Å². The predicted octanol–water partition coefficient (Wildman–Crippen LogP) is 3.44. The number of pyridine rings is 1. The lowest BCUT2D eigenvalue weighted by Crippen LogP contribution is -2.30. The van der Waals surface area contributed by atoms with Gasteiger partial charge in [-0.3, -0.25) is 14.7 Å². The molecule has 0 saturated heterocycles. The van der Waals surface area contributed by atoms with Crippen molar-refractivity contribution in [3.63, 3.8) is 0 Å². The third-order valence-electron chi connectivity index (χ3n) is 3.47. The average Bonchev–Trinajstić information content (AvgIpc) is 3.16. The van der Waals surface area contributed by atoms with Crippen molar-refractivity contribution in [3.05, 3.63) is 67.0 Å². The van der Waals surface area contributed by atoms with E-state index in [-0.39, 0.29) is 5.91 Å². The molecule has 0 bridgehead atoms. The quantitative estimate of drug-likeness (QED) is 0.636. The lowest BCUT2D eigenvalue weighted by atomic mass is 10.2. The molecule has 0 saturated carbocycles. The summed E-state index contributed by atoms with van der Waals surface area (Å²) < 4.78 is 5.13. The van der Waals surface area contributed by atoms with Gasteiger partial charge in [-0.2, -0.15) is 0 Å². The number of carbonyl (C=O) groups is 1. The van der Waals surface area contributed by atoms with E-state index in [9.17, 15) is 4.79 Å². The second-order valence-corrected chi connectivity index (χ2v) is 6.01. The molecule has 0 spiro atoms. The summed E-state index contributed by atoms with van der Waals surface area (Å²) in [5.74, 6) is 0.530. The maximum Gasteiger partial charge on any atom is 0.260 e. The zero-order chi connectivity index (χ0) is 17.6. The standard InChI is InChI=1S/C18H16N4O2S/c1-3-12-22(17(23)14-4-6-15(24-2)7-5-14)18-21-20-16(25-18)13-8-10-19-11-9-13/h3-11H,1,12H2,2H3. The Balaban J connectivity index is 1.89. The molecule has 2 heterocycles. The second-order valence-electron chi connectivity index (χ2n) is 5.06. The molecule has 25 heavy (non-hydrogen) atoms. The van der Waals surface area contributed by atoms with Gasteiger partial charge in [0.25, 0.3) is 5.91 Å². The highest BCUT2D eigenvalue weighted by Gasteiger charge is 2.21. The second kappa shape index (κ2) is 7.67. The number of benzene rings is 1. The van der Waals surface area contributed by atoms with E-state index in [2.05, 4.69) is 21.8 Å². The Kier molecular flexibility index (Phi) is 5.15. The predicted molar refractivity (Wildman–Crippen MR) is 98.0 cm³/mol. The number of nitrogens with zero attached hydrogens (tertiary/aromatic N) is 4. The van der Waals surface area contributed by atoms with Crippen LogP contribution in [0.2, 0.25) is 0 Å². The van der Waals surface area contributed by atoms with Gasteiger partial charge in [0, 0.05) is 30.1 Å². The van der Waals surface area contributed by atoms with Gasteiger partial charge in [0.1, 0.15) is 10.8 Å². The molecule has 0 unspecified atom stereocenters. The van der Waals surface area contributed by atoms with E-state index in [4.69, 9.17) is 4.74 Å². The monoisotopic (exact) mass is 352 g/mol. The molecule has 1 amide bonds. The van der Waals surface area contributed by atoms with Crippen LogP contribution in [0.5, 0.6) is 5.75 Å². The van der Waals surface area contributed by atoms with Gasteiger partial charge in [-0.25, -0.2) is 0 Å². The van der Waals surface area contributed by atoms with Gasteiger partial charge in [0.15, 0.2) is 0 Å². The molecule has 0 radical (unpaired) electrons. The highest BCUT2D eigenvalue weighted by atomic mass is 32.1. The van der Waals surface area contributed by atoms with Crippen LogP contribution >= 0.6 is 11.3 Å². The fourth-order valence-corrected chi connectivity index (χ4v) is 3.06. The summed E-state index contributed by atoms with van der Waals surface area (Å²) in [4.78, 5) is 18.4. The Bertz CT molecular complexity index is 862. The summed E-state index contributed by atoms with van der Waals surface area (Å²) in [6.07, 6.45) is 5.05. The third kappa shape index (κ3) is 3.72. The van der Waals surface area contributed by atoms with Gasteiger partial charge in [-0.1, -0.05) is 17.4 Å². The molecule has 0 aliphatic carbocycles. The molecule has 0 fully saturated rings. The largest absolute Gasteiger partial charge is 0.497 e. The first-order valence-corrected chi connectivity index (χ1v) is 8.35. The van der Waals surface area contributed by atoms with Gasteiger partial charge >= 0.3 is 0 Å². The number of methoxy groups -OCH3 is 1. The van der Waals surface area contributed by atoms with Crippen molar-refractivity contribution in [2.45, 2.75) is 0 Å². The van der Waals surface area contributed by atoms with Crippen molar-refractivity contribution in [1.82, 2.24) is 15.2 Å². The highest BCUT2D eigenvalue weighted by Crippen LogP contribution is 2.29. The van der Waals surface area contributed by atoms with Crippen molar-refractivity contribution in [2.24, 2.45) is 0 Å². The molecular formula is C18H16N4O2S. The molecule has 6 nitrogen and oxygen atoms in total. The number of amides is 1.